The van der Waals surface area contributed by atoms with Gasteiger partial charge in [-0.1, -0.05) is 29.8 Å². The maximum atomic E-state index is 10.9. The Morgan fingerprint density at radius 2 is 1.44 bits per heavy atom. The minimum absolute atomic E-state index is 0.731. The van der Waals surface area contributed by atoms with E-state index < -0.39 is 0 Å². The van der Waals surface area contributed by atoms with E-state index in [2.05, 4.69) is 39.8 Å². The topological polar surface area (TPSA) is 17.1 Å². The summed E-state index contributed by atoms with van der Waals surface area (Å²) in [6.45, 7) is 8.45. The maximum absolute atomic E-state index is 10.9. The van der Waals surface area contributed by atoms with E-state index in [4.69, 9.17) is 0 Å². The van der Waals surface area contributed by atoms with E-state index in [1.165, 1.54) is 27.8 Å². The van der Waals surface area contributed by atoms with Crippen LogP contribution in [0.25, 0.3) is 11.1 Å². The number of carbonyl (C=O) groups is 1. The quantitative estimate of drug-likeness (QED) is 0.709. The standard InChI is InChI=1S/C17H18O/c1-11-7-13(3)17(14(4)8-11)16-9-15(10-18)6-5-12(16)2/h5-10H,1-4H3. The molecule has 0 unspecified atom stereocenters. The fourth-order valence-electron chi connectivity index (χ4n) is 2.59. The lowest BCUT2D eigenvalue weighted by Crippen LogP contribution is -1.94. The monoisotopic (exact) mass is 238 g/mol. The molecule has 0 amide bonds. The first-order valence-corrected chi connectivity index (χ1v) is 6.17. The van der Waals surface area contributed by atoms with Crippen molar-refractivity contribution in [1.82, 2.24) is 0 Å². The lowest BCUT2D eigenvalue weighted by molar-refractivity contribution is 0.112. The molecule has 0 fully saturated rings. The van der Waals surface area contributed by atoms with E-state index in [0.717, 1.165) is 17.4 Å². The molecule has 0 spiro atoms. The predicted molar refractivity (Wildman–Crippen MR) is 76.2 cm³/mol. The molecule has 92 valence electrons. The number of aldehydes is 1. The molecule has 0 bridgehead atoms. The summed E-state index contributed by atoms with van der Waals surface area (Å²) in [5.74, 6) is 0. The number of rotatable bonds is 2. The Morgan fingerprint density at radius 1 is 0.833 bits per heavy atom. The van der Waals surface area contributed by atoms with Crippen molar-refractivity contribution >= 4 is 6.29 Å². The molecule has 0 heterocycles. The zero-order chi connectivity index (χ0) is 13.3. The smallest absolute Gasteiger partial charge is 0.150 e. The Labute approximate surface area is 108 Å². The fraction of sp³-hybridized carbons (Fsp3) is 0.235. The van der Waals surface area contributed by atoms with Crippen molar-refractivity contribution in [3.8, 4) is 11.1 Å². The first kappa shape index (κ1) is 12.6. The lowest BCUT2D eigenvalue weighted by Gasteiger charge is -2.14. The van der Waals surface area contributed by atoms with Gasteiger partial charge in [0.25, 0.3) is 0 Å². The number of aryl methyl sites for hydroxylation is 4. The van der Waals surface area contributed by atoms with Crippen LogP contribution in [-0.4, -0.2) is 6.29 Å². The maximum Gasteiger partial charge on any atom is 0.150 e. The highest BCUT2D eigenvalue weighted by molar-refractivity contribution is 5.82. The van der Waals surface area contributed by atoms with Crippen molar-refractivity contribution in [2.24, 2.45) is 0 Å². The second kappa shape index (κ2) is 4.77. The molecule has 0 aliphatic carbocycles. The average Bonchev–Trinajstić information content (AvgIpc) is 2.30. The van der Waals surface area contributed by atoms with Crippen LogP contribution in [0.15, 0.2) is 30.3 Å². The van der Waals surface area contributed by atoms with E-state index in [1.54, 1.807) is 0 Å². The minimum Gasteiger partial charge on any atom is -0.298 e. The normalized spacial score (nSPS) is 10.4. The second-order valence-corrected chi connectivity index (χ2v) is 4.97. The highest BCUT2D eigenvalue weighted by atomic mass is 16.1. The van der Waals surface area contributed by atoms with Gasteiger partial charge in [-0.2, -0.15) is 0 Å². The number of benzene rings is 2. The van der Waals surface area contributed by atoms with E-state index in [-0.39, 0.29) is 0 Å². The summed E-state index contributed by atoms with van der Waals surface area (Å²) in [7, 11) is 0. The Morgan fingerprint density at radius 3 is 2.00 bits per heavy atom. The summed E-state index contributed by atoms with van der Waals surface area (Å²) in [6, 6.07) is 10.2. The van der Waals surface area contributed by atoms with Crippen molar-refractivity contribution < 1.29 is 4.79 Å². The zero-order valence-corrected chi connectivity index (χ0v) is 11.4. The molecule has 1 nitrogen and oxygen atoms in total. The van der Waals surface area contributed by atoms with E-state index in [9.17, 15) is 4.79 Å². The molecule has 0 saturated carbocycles. The molecule has 0 aliphatic rings. The third-order valence-corrected chi connectivity index (χ3v) is 3.34. The molecule has 0 radical (unpaired) electrons. The summed E-state index contributed by atoms with van der Waals surface area (Å²) < 4.78 is 0. The third-order valence-electron chi connectivity index (χ3n) is 3.34. The van der Waals surface area contributed by atoms with Gasteiger partial charge in [-0.05, 0) is 61.6 Å². The first-order chi connectivity index (χ1) is 8.52. The van der Waals surface area contributed by atoms with Crippen LogP contribution in [-0.2, 0) is 0 Å². The van der Waals surface area contributed by atoms with Gasteiger partial charge in [0.05, 0.1) is 0 Å². The molecule has 0 aromatic heterocycles. The van der Waals surface area contributed by atoms with Crippen LogP contribution < -0.4 is 0 Å². The number of hydrogen-bond acceptors (Lipinski definition) is 1. The molecular weight excluding hydrogens is 220 g/mol. The molecular formula is C17H18O. The SMILES string of the molecule is Cc1cc(C)c(-c2cc(C=O)ccc2C)c(C)c1. The molecule has 0 N–H and O–H groups in total. The third kappa shape index (κ3) is 2.21. The highest BCUT2D eigenvalue weighted by Crippen LogP contribution is 2.31. The highest BCUT2D eigenvalue weighted by Gasteiger charge is 2.09. The van der Waals surface area contributed by atoms with E-state index in [1.807, 2.05) is 18.2 Å². The van der Waals surface area contributed by atoms with Gasteiger partial charge in [0.2, 0.25) is 0 Å². The Hall–Kier alpha value is -1.89. The van der Waals surface area contributed by atoms with Crippen molar-refractivity contribution in [1.29, 1.82) is 0 Å². The molecule has 0 atom stereocenters. The second-order valence-electron chi connectivity index (χ2n) is 4.97. The van der Waals surface area contributed by atoms with Gasteiger partial charge < -0.3 is 0 Å². The lowest BCUT2D eigenvalue weighted by atomic mass is 9.90. The predicted octanol–water partition coefficient (Wildman–Crippen LogP) is 4.40. The summed E-state index contributed by atoms with van der Waals surface area (Å²) in [5, 5.41) is 0. The van der Waals surface area contributed by atoms with Crippen molar-refractivity contribution in [3.63, 3.8) is 0 Å². The average molecular weight is 238 g/mol. The molecule has 2 rings (SSSR count). The van der Waals surface area contributed by atoms with Crippen LogP contribution in [0.4, 0.5) is 0 Å². The van der Waals surface area contributed by atoms with Crippen LogP contribution in [0.3, 0.4) is 0 Å². The van der Waals surface area contributed by atoms with Gasteiger partial charge in [0, 0.05) is 5.56 Å². The van der Waals surface area contributed by atoms with Crippen LogP contribution in [0.1, 0.15) is 32.6 Å². The van der Waals surface area contributed by atoms with Crippen LogP contribution in [0, 0.1) is 27.7 Å². The van der Waals surface area contributed by atoms with Crippen LogP contribution >= 0.6 is 0 Å². The van der Waals surface area contributed by atoms with Gasteiger partial charge in [-0.25, -0.2) is 0 Å². The largest absolute Gasteiger partial charge is 0.298 e. The first-order valence-electron chi connectivity index (χ1n) is 6.17. The van der Waals surface area contributed by atoms with Gasteiger partial charge in [0.1, 0.15) is 6.29 Å². The van der Waals surface area contributed by atoms with Gasteiger partial charge in [-0.15, -0.1) is 0 Å². The van der Waals surface area contributed by atoms with E-state index in [0.29, 0.717) is 0 Å². The summed E-state index contributed by atoms with van der Waals surface area (Å²) in [6.07, 6.45) is 0.905. The van der Waals surface area contributed by atoms with Crippen LogP contribution in [0.2, 0.25) is 0 Å². The number of hydrogen-bond donors (Lipinski definition) is 0. The van der Waals surface area contributed by atoms with Crippen LogP contribution in [0.5, 0.6) is 0 Å². The van der Waals surface area contributed by atoms with Crippen molar-refractivity contribution in [2.75, 3.05) is 0 Å². The van der Waals surface area contributed by atoms with Crippen molar-refractivity contribution in [2.45, 2.75) is 27.7 Å². The summed E-state index contributed by atoms with van der Waals surface area (Å²) in [4.78, 5) is 10.9. The summed E-state index contributed by atoms with van der Waals surface area (Å²) in [5.41, 5.74) is 8.15. The van der Waals surface area contributed by atoms with Gasteiger partial charge in [-0.3, -0.25) is 4.79 Å². The Kier molecular flexibility index (Phi) is 3.33. The van der Waals surface area contributed by atoms with Gasteiger partial charge >= 0.3 is 0 Å². The minimum atomic E-state index is 0.731. The molecule has 2 aromatic rings. The van der Waals surface area contributed by atoms with Crippen molar-refractivity contribution in [3.05, 3.63) is 58.1 Å². The molecule has 0 saturated heterocycles. The molecule has 18 heavy (non-hydrogen) atoms. The zero-order valence-electron chi connectivity index (χ0n) is 11.4. The molecule has 1 heteroatoms. The summed E-state index contributed by atoms with van der Waals surface area (Å²) >= 11 is 0. The van der Waals surface area contributed by atoms with Gasteiger partial charge in [0.15, 0.2) is 0 Å². The molecule has 2 aromatic carbocycles. The fourth-order valence-corrected chi connectivity index (χ4v) is 2.59. The Balaban J connectivity index is 2.72. The Bertz CT molecular complexity index is 586. The molecule has 0 aliphatic heterocycles. The number of carbonyl (C=O) groups excluding carboxylic acids is 1. The van der Waals surface area contributed by atoms with E-state index >= 15 is 0 Å².